The Balaban J connectivity index is 1.62. The van der Waals surface area contributed by atoms with Crippen LogP contribution in [0.5, 0.6) is 0 Å². The van der Waals surface area contributed by atoms with E-state index in [1.54, 1.807) is 0 Å². The maximum atomic E-state index is 6.19. The van der Waals surface area contributed by atoms with Gasteiger partial charge in [-0.05, 0) is 43.4 Å². The highest BCUT2D eigenvalue weighted by Crippen LogP contribution is 2.49. The fourth-order valence-electron chi connectivity index (χ4n) is 3.61. The molecular formula is C15H24O2. The van der Waals surface area contributed by atoms with Crippen LogP contribution in [0.2, 0.25) is 0 Å². The van der Waals surface area contributed by atoms with Crippen molar-refractivity contribution < 1.29 is 9.47 Å². The average molecular weight is 236 g/mol. The molecule has 4 rings (SSSR count). The Hall–Kier alpha value is -0.340. The molecule has 0 aromatic rings. The third-order valence-electron chi connectivity index (χ3n) is 4.78. The Kier molecular flexibility index (Phi) is 3.04. The van der Waals surface area contributed by atoms with E-state index in [4.69, 9.17) is 9.47 Å². The predicted octanol–water partition coefficient (Wildman–Crippen LogP) is 3.52. The molecule has 0 spiro atoms. The summed E-state index contributed by atoms with van der Waals surface area (Å²) in [5, 5.41) is 0. The molecule has 1 heterocycles. The van der Waals surface area contributed by atoms with Gasteiger partial charge in [0.05, 0.1) is 6.10 Å². The molecule has 4 atom stereocenters. The third kappa shape index (κ3) is 2.30. The van der Waals surface area contributed by atoms with E-state index in [1.165, 1.54) is 25.7 Å². The van der Waals surface area contributed by atoms with E-state index >= 15 is 0 Å². The summed E-state index contributed by atoms with van der Waals surface area (Å²) in [4.78, 5) is 0. The van der Waals surface area contributed by atoms with E-state index in [-0.39, 0.29) is 6.29 Å². The van der Waals surface area contributed by atoms with E-state index in [1.807, 2.05) is 0 Å². The van der Waals surface area contributed by atoms with E-state index in [0.29, 0.717) is 23.4 Å². The van der Waals surface area contributed by atoms with Crippen molar-refractivity contribution in [2.75, 3.05) is 6.61 Å². The van der Waals surface area contributed by atoms with Crippen molar-refractivity contribution in [1.82, 2.24) is 0 Å². The first-order valence-corrected chi connectivity index (χ1v) is 7.10. The highest BCUT2D eigenvalue weighted by molar-refractivity contribution is 5.12. The highest BCUT2D eigenvalue weighted by atomic mass is 16.7. The van der Waals surface area contributed by atoms with Crippen LogP contribution >= 0.6 is 0 Å². The normalized spacial score (nSPS) is 43.9. The van der Waals surface area contributed by atoms with Crippen LogP contribution in [-0.4, -0.2) is 19.0 Å². The molecule has 17 heavy (non-hydrogen) atoms. The van der Waals surface area contributed by atoms with Crippen LogP contribution in [0.1, 0.15) is 46.0 Å². The Morgan fingerprint density at radius 2 is 2.12 bits per heavy atom. The van der Waals surface area contributed by atoms with Gasteiger partial charge < -0.3 is 9.47 Å². The lowest BCUT2D eigenvalue weighted by atomic mass is 9.60. The van der Waals surface area contributed by atoms with Gasteiger partial charge in [-0.2, -0.15) is 0 Å². The summed E-state index contributed by atoms with van der Waals surface area (Å²) >= 11 is 0. The summed E-state index contributed by atoms with van der Waals surface area (Å²) < 4.78 is 11.9. The number of ether oxygens (including phenoxy) is 2. The van der Waals surface area contributed by atoms with Crippen molar-refractivity contribution >= 4 is 0 Å². The summed E-state index contributed by atoms with van der Waals surface area (Å²) in [5.74, 6) is 1.31. The molecule has 96 valence electrons. The van der Waals surface area contributed by atoms with Crippen molar-refractivity contribution in [3.8, 4) is 0 Å². The number of hydrogen-bond donors (Lipinski definition) is 0. The molecule has 2 heteroatoms. The summed E-state index contributed by atoms with van der Waals surface area (Å²) in [7, 11) is 0. The Bertz CT molecular complexity index is 302. The van der Waals surface area contributed by atoms with Crippen molar-refractivity contribution in [3.63, 3.8) is 0 Å². The maximum absolute atomic E-state index is 6.19. The minimum Gasteiger partial charge on any atom is -0.353 e. The first-order valence-electron chi connectivity index (χ1n) is 7.10. The van der Waals surface area contributed by atoms with E-state index < -0.39 is 0 Å². The fraction of sp³-hybridized carbons (Fsp3) is 0.867. The summed E-state index contributed by atoms with van der Waals surface area (Å²) in [6.07, 6.45) is 11.3. The van der Waals surface area contributed by atoms with E-state index in [2.05, 4.69) is 26.0 Å². The molecule has 0 aromatic heterocycles. The predicted molar refractivity (Wildman–Crippen MR) is 67.6 cm³/mol. The summed E-state index contributed by atoms with van der Waals surface area (Å²) in [5.41, 5.74) is 0.465. The molecule has 1 saturated carbocycles. The van der Waals surface area contributed by atoms with Gasteiger partial charge in [-0.15, -0.1) is 0 Å². The lowest BCUT2D eigenvalue weighted by Crippen LogP contribution is -2.45. The van der Waals surface area contributed by atoms with Crippen molar-refractivity contribution in [2.24, 2.45) is 17.3 Å². The second-order valence-electron chi connectivity index (χ2n) is 6.55. The Morgan fingerprint density at radius 3 is 2.71 bits per heavy atom. The molecule has 1 aliphatic heterocycles. The zero-order chi connectivity index (χ0) is 11.9. The second kappa shape index (κ2) is 4.40. The molecule has 2 nitrogen and oxygen atoms in total. The lowest BCUT2D eigenvalue weighted by Gasteiger charge is -2.49. The van der Waals surface area contributed by atoms with Crippen LogP contribution in [-0.2, 0) is 9.47 Å². The van der Waals surface area contributed by atoms with Crippen LogP contribution in [0.15, 0.2) is 12.2 Å². The minimum atomic E-state index is 0.0737. The third-order valence-corrected chi connectivity index (χ3v) is 4.78. The van der Waals surface area contributed by atoms with Gasteiger partial charge in [-0.25, -0.2) is 0 Å². The van der Waals surface area contributed by atoms with Crippen molar-refractivity contribution in [3.05, 3.63) is 12.2 Å². The van der Waals surface area contributed by atoms with Gasteiger partial charge >= 0.3 is 0 Å². The molecule has 4 aliphatic rings. The SMILES string of the molecule is CC1(C)C[C@H]2C=C[C@@H]1C[C@@H]2OC1CCCCO1. The number of fused-ring (bicyclic) bond motifs is 2. The molecular weight excluding hydrogens is 212 g/mol. The number of allylic oxidation sites excluding steroid dienone is 1. The van der Waals surface area contributed by atoms with Gasteiger partial charge in [0.15, 0.2) is 6.29 Å². The van der Waals surface area contributed by atoms with Crippen molar-refractivity contribution in [1.29, 1.82) is 0 Å². The molecule has 0 amide bonds. The smallest absolute Gasteiger partial charge is 0.157 e. The largest absolute Gasteiger partial charge is 0.353 e. The number of rotatable bonds is 2. The first kappa shape index (κ1) is 11.7. The van der Waals surface area contributed by atoms with Gasteiger partial charge in [0.1, 0.15) is 0 Å². The molecule has 2 fully saturated rings. The molecule has 3 aliphatic carbocycles. The second-order valence-corrected chi connectivity index (χ2v) is 6.55. The standard InChI is InChI=1S/C15H24O2/c1-15(2)10-11-6-7-12(15)9-13(11)17-14-5-3-4-8-16-14/h6-7,11-14H,3-5,8-10H2,1-2H3/t11-,12-,13+,14?/m1/s1. The van der Waals surface area contributed by atoms with Crippen LogP contribution in [0, 0.1) is 17.3 Å². The van der Waals surface area contributed by atoms with Crippen LogP contribution in [0.4, 0.5) is 0 Å². The molecule has 1 saturated heterocycles. The topological polar surface area (TPSA) is 18.5 Å². The Labute approximate surface area is 104 Å². The van der Waals surface area contributed by atoms with Gasteiger partial charge in [0.25, 0.3) is 0 Å². The molecule has 0 aromatic carbocycles. The van der Waals surface area contributed by atoms with Crippen LogP contribution in [0.25, 0.3) is 0 Å². The lowest BCUT2D eigenvalue weighted by molar-refractivity contribution is -0.209. The van der Waals surface area contributed by atoms with Gasteiger partial charge in [-0.3, -0.25) is 0 Å². The molecule has 0 radical (unpaired) electrons. The van der Waals surface area contributed by atoms with Gasteiger partial charge in [0, 0.05) is 12.5 Å². The monoisotopic (exact) mass is 236 g/mol. The van der Waals surface area contributed by atoms with E-state index in [9.17, 15) is 0 Å². The maximum Gasteiger partial charge on any atom is 0.157 e. The molecule has 1 unspecified atom stereocenters. The van der Waals surface area contributed by atoms with Crippen molar-refractivity contribution in [2.45, 2.75) is 58.3 Å². The van der Waals surface area contributed by atoms with Gasteiger partial charge in [-0.1, -0.05) is 26.0 Å². The first-order chi connectivity index (χ1) is 8.15. The Morgan fingerprint density at radius 1 is 1.24 bits per heavy atom. The zero-order valence-electron chi connectivity index (χ0n) is 11.0. The minimum absolute atomic E-state index is 0.0737. The highest BCUT2D eigenvalue weighted by Gasteiger charge is 2.44. The quantitative estimate of drug-likeness (QED) is 0.683. The zero-order valence-corrected chi connectivity index (χ0v) is 11.0. The van der Waals surface area contributed by atoms with Crippen LogP contribution in [0.3, 0.4) is 0 Å². The van der Waals surface area contributed by atoms with E-state index in [0.717, 1.165) is 13.0 Å². The molecule has 2 bridgehead atoms. The summed E-state index contributed by atoms with van der Waals surface area (Å²) in [6.45, 7) is 5.66. The van der Waals surface area contributed by atoms with Crippen LogP contribution < -0.4 is 0 Å². The number of hydrogen-bond acceptors (Lipinski definition) is 2. The summed E-state index contributed by atoms with van der Waals surface area (Å²) in [6, 6.07) is 0. The van der Waals surface area contributed by atoms with Gasteiger partial charge in [0.2, 0.25) is 0 Å². The molecule has 0 N–H and O–H groups in total. The average Bonchev–Trinajstić information content (AvgIpc) is 2.31. The fourth-order valence-corrected chi connectivity index (χ4v) is 3.61.